The van der Waals surface area contributed by atoms with Gasteiger partial charge in [-0.3, -0.25) is 0 Å². The zero-order chi connectivity index (χ0) is 15.6. The quantitative estimate of drug-likeness (QED) is 0.735. The Bertz CT molecular complexity index is 616. The summed E-state index contributed by atoms with van der Waals surface area (Å²) in [6.45, 7) is 4.07. The van der Waals surface area contributed by atoms with E-state index in [2.05, 4.69) is 43.5 Å². The molecule has 0 aromatic heterocycles. The van der Waals surface area contributed by atoms with Gasteiger partial charge in [0.05, 0.1) is 4.90 Å². The van der Waals surface area contributed by atoms with Gasteiger partial charge in [0.25, 0.3) is 0 Å². The molecule has 6 heteroatoms. The highest BCUT2D eigenvalue weighted by atomic mass is 79.9. The van der Waals surface area contributed by atoms with E-state index in [9.17, 15) is 8.42 Å². The van der Waals surface area contributed by atoms with Gasteiger partial charge in [-0.05, 0) is 59.3 Å². The predicted octanol–water partition coefficient (Wildman–Crippen LogP) is 4.77. The lowest BCUT2D eigenvalue weighted by molar-refractivity contribution is 0.282. The summed E-state index contributed by atoms with van der Waals surface area (Å²) in [6.07, 6.45) is 5.37. The van der Waals surface area contributed by atoms with Crippen molar-refractivity contribution in [3.05, 3.63) is 26.6 Å². The van der Waals surface area contributed by atoms with Crippen LogP contribution in [0, 0.1) is 12.8 Å². The summed E-state index contributed by atoms with van der Waals surface area (Å²) in [5.74, 6) is 0.446. The second-order valence-corrected chi connectivity index (χ2v) is 9.10. The second kappa shape index (κ2) is 7.11. The number of nitrogens with one attached hydrogen (secondary N) is 1. The van der Waals surface area contributed by atoms with E-state index in [0.29, 0.717) is 15.3 Å². The van der Waals surface area contributed by atoms with Gasteiger partial charge in [-0.25, -0.2) is 13.1 Å². The van der Waals surface area contributed by atoms with Crippen molar-refractivity contribution in [1.29, 1.82) is 0 Å². The molecule has 1 aliphatic rings. The highest BCUT2D eigenvalue weighted by molar-refractivity contribution is 9.11. The first-order chi connectivity index (χ1) is 9.85. The van der Waals surface area contributed by atoms with Crippen molar-refractivity contribution in [3.8, 4) is 0 Å². The third-order valence-corrected chi connectivity index (χ3v) is 7.55. The maximum absolute atomic E-state index is 12.7. The SMILES string of the molecule is CCC1CCCCC1NS(=O)(=O)c1cc(Br)c(C)cc1Br. The number of benzene rings is 1. The van der Waals surface area contributed by atoms with E-state index in [-0.39, 0.29) is 6.04 Å². The zero-order valence-electron chi connectivity index (χ0n) is 12.3. The van der Waals surface area contributed by atoms with Crippen LogP contribution in [0.5, 0.6) is 0 Å². The lowest BCUT2D eigenvalue weighted by Gasteiger charge is -2.31. The van der Waals surface area contributed by atoms with Gasteiger partial charge in [-0.15, -0.1) is 0 Å². The number of halogens is 2. The van der Waals surface area contributed by atoms with Crippen molar-refractivity contribution in [1.82, 2.24) is 4.72 Å². The number of hydrogen-bond acceptors (Lipinski definition) is 2. The van der Waals surface area contributed by atoms with Crippen LogP contribution in [0.3, 0.4) is 0 Å². The van der Waals surface area contributed by atoms with Gasteiger partial charge in [0, 0.05) is 15.0 Å². The highest BCUT2D eigenvalue weighted by Gasteiger charge is 2.29. The number of hydrogen-bond donors (Lipinski definition) is 1. The molecule has 2 unspecified atom stereocenters. The van der Waals surface area contributed by atoms with Crippen LogP contribution < -0.4 is 4.72 Å². The Morgan fingerprint density at radius 2 is 1.86 bits per heavy atom. The smallest absolute Gasteiger partial charge is 0.208 e. The van der Waals surface area contributed by atoms with Crippen LogP contribution in [0.4, 0.5) is 0 Å². The Hall–Kier alpha value is 0.0900. The first-order valence-corrected chi connectivity index (χ1v) is 10.4. The Balaban J connectivity index is 2.28. The minimum Gasteiger partial charge on any atom is -0.208 e. The van der Waals surface area contributed by atoms with Crippen molar-refractivity contribution in [2.24, 2.45) is 5.92 Å². The van der Waals surface area contributed by atoms with E-state index in [1.54, 1.807) is 6.07 Å². The van der Waals surface area contributed by atoms with E-state index < -0.39 is 10.0 Å². The molecule has 21 heavy (non-hydrogen) atoms. The largest absolute Gasteiger partial charge is 0.241 e. The summed E-state index contributed by atoms with van der Waals surface area (Å²) >= 11 is 6.78. The van der Waals surface area contributed by atoms with Crippen molar-refractivity contribution in [3.63, 3.8) is 0 Å². The average molecular weight is 439 g/mol. The molecule has 0 amide bonds. The molecule has 118 valence electrons. The van der Waals surface area contributed by atoms with Gasteiger partial charge in [0.1, 0.15) is 0 Å². The summed E-state index contributed by atoms with van der Waals surface area (Å²) < 4.78 is 29.7. The summed E-state index contributed by atoms with van der Waals surface area (Å²) in [5, 5.41) is 0. The third-order valence-electron chi connectivity index (χ3n) is 4.24. The molecule has 1 aromatic carbocycles. The Morgan fingerprint density at radius 3 is 2.52 bits per heavy atom. The fourth-order valence-electron chi connectivity index (χ4n) is 2.95. The molecule has 1 saturated carbocycles. The molecular weight excluding hydrogens is 418 g/mol. The fourth-order valence-corrected chi connectivity index (χ4v) is 5.96. The molecule has 1 aromatic rings. The average Bonchev–Trinajstić information content (AvgIpc) is 2.43. The van der Waals surface area contributed by atoms with Crippen LogP contribution in [0.15, 0.2) is 26.0 Å². The lowest BCUT2D eigenvalue weighted by Crippen LogP contribution is -2.41. The summed E-state index contributed by atoms with van der Waals surface area (Å²) in [7, 11) is -3.50. The minimum atomic E-state index is -3.50. The molecule has 1 N–H and O–H groups in total. The first-order valence-electron chi connectivity index (χ1n) is 7.33. The summed E-state index contributed by atoms with van der Waals surface area (Å²) in [4.78, 5) is 0.306. The van der Waals surface area contributed by atoms with E-state index in [1.807, 2.05) is 13.0 Å². The van der Waals surface area contributed by atoms with Gasteiger partial charge in [-0.1, -0.05) is 42.1 Å². The van der Waals surface area contributed by atoms with E-state index in [4.69, 9.17) is 0 Å². The van der Waals surface area contributed by atoms with Gasteiger partial charge in [-0.2, -0.15) is 0 Å². The van der Waals surface area contributed by atoms with Crippen LogP contribution in [0.1, 0.15) is 44.6 Å². The lowest BCUT2D eigenvalue weighted by atomic mass is 9.83. The van der Waals surface area contributed by atoms with Crippen molar-refractivity contribution >= 4 is 41.9 Å². The van der Waals surface area contributed by atoms with Gasteiger partial charge < -0.3 is 0 Å². The molecule has 0 spiro atoms. The van der Waals surface area contributed by atoms with Crippen LogP contribution in [0.2, 0.25) is 0 Å². The Kier molecular flexibility index (Phi) is 5.91. The second-order valence-electron chi connectivity index (χ2n) is 5.71. The topological polar surface area (TPSA) is 46.2 Å². The molecule has 0 saturated heterocycles. The van der Waals surface area contributed by atoms with Crippen molar-refractivity contribution in [2.75, 3.05) is 0 Å². The minimum absolute atomic E-state index is 0.0562. The predicted molar refractivity (Wildman–Crippen MR) is 92.9 cm³/mol. The van der Waals surface area contributed by atoms with Crippen LogP contribution in [-0.2, 0) is 10.0 Å². The maximum atomic E-state index is 12.7. The highest BCUT2D eigenvalue weighted by Crippen LogP contribution is 2.31. The normalized spacial score (nSPS) is 23.2. The van der Waals surface area contributed by atoms with E-state index >= 15 is 0 Å². The summed E-state index contributed by atoms with van der Waals surface area (Å²) in [5.41, 5.74) is 1.00. The molecular formula is C15H21Br2NO2S. The summed E-state index contributed by atoms with van der Waals surface area (Å²) in [6, 6.07) is 3.56. The molecule has 0 radical (unpaired) electrons. The van der Waals surface area contributed by atoms with Crippen molar-refractivity contribution < 1.29 is 8.42 Å². The maximum Gasteiger partial charge on any atom is 0.241 e. The molecule has 2 rings (SSSR count). The van der Waals surface area contributed by atoms with E-state index in [1.165, 1.54) is 6.42 Å². The molecule has 2 atom stereocenters. The van der Waals surface area contributed by atoms with Crippen LogP contribution in [0.25, 0.3) is 0 Å². The Labute approximate surface area is 144 Å². The standard InChI is InChI=1S/C15H21Br2NO2S/c1-3-11-6-4-5-7-14(11)18-21(19,20)15-9-12(16)10(2)8-13(15)17/h8-9,11,14,18H,3-7H2,1-2H3. The monoisotopic (exact) mass is 437 g/mol. The van der Waals surface area contributed by atoms with Gasteiger partial charge in [0.2, 0.25) is 10.0 Å². The van der Waals surface area contributed by atoms with Crippen LogP contribution in [-0.4, -0.2) is 14.5 Å². The van der Waals surface area contributed by atoms with Crippen LogP contribution >= 0.6 is 31.9 Å². The fraction of sp³-hybridized carbons (Fsp3) is 0.600. The van der Waals surface area contributed by atoms with Gasteiger partial charge in [0.15, 0.2) is 0 Å². The molecule has 1 aliphatic carbocycles. The van der Waals surface area contributed by atoms with Gasteiger partial charge >= 0.3 is 0 Å². The zero-order valence-corrected chi connectivity index (χ0v) is 16.3. The number of sulfonamides is 1. The van der Waals surface area contributed by atoms with Crippen molar-refractivity contribution in [2.45, 2.75) is 56.9 Å². The molecule has 1 fully saturated rings. The molecule has 3 nitrogen and oxygen atoms in total. The molecule has 0 aliphatic heterocycles. The number of aryl methyl sites for hydroxylation is 1. The number of rotatable bonds is 4. The van der Waals surface area contributed by atoms with E-state index in [0.717, 1.165) is 35.7 Å². The third kappa shape index (κ3) is 4.09. The molecule has 0 heterocycles. The molecule has 0 bridgehead atoms. The Morgan fingerprint density at radius 1 is 1.19 bits per heavy atom. The first kappa shape index (κ1) is 17.4.